The third-order valence-electron chi connectivity index (χ3n) is 3.40. The third-order valence-corrected chi connectivity index (χ3v) is 3.64. The summed E-state index contributed by atoms with van der Waals surface area (Å²) in [5, 5.41) is 0.732. The summed E-state index contributed by atoms with van der Waals surface area (Å²) in [4.78, 5) is 8.08. The molecule has 3 heteroatoms. The molecule has 96 valence electrons. The van der Waals surface area contributed by atoms with Crippen molar-refractivity contribution in [3.63, 3.8) is 0 Å². The van der Waals surface area contributed by atoms with Gasteiger partial charge in [-0.25, -0.2) is 4.98 Å². The molecular weight excluding hydrogens is 256 g/mol. The van der Waals surface area contributed by atoms with E-state index in [9.17, 15) is 0 Å². The predicted octanol–water partition coefficient (Wildman–Crippen LogP) is 4.76. The number of nitrogens with zero attached hydrogens (tertiary/aromatic N) is 1. The van der Waals surface area contributed by atoms with Crippen LogP contribution in [0.25, 0.3) is 11.0 Å². The van der Waals surface area contributed by atoms with Gasteiger partial charge in [-0.2, -0.15) is 0 Å². The second-order valence-corrected chi connectivity index (χ2v) is 5.09. The molecule has 1 heterocycles. The van der Waals surface area contributed by atoms with Gasteiger partial charge in [0.05, 0.1) is 11.0 Å². The number of aromatic amines is 1. The maximum atomic E-state index is 6.01. The number of rotatable bonds is 3. The first kappa shape index (κ1) is 12.2. The van der Waals surface area contributed by atoms with Gasteiger partial charge in [0.25, 0.3) is 0 Å². The van der Waals surface area contributed by atoms with Gasteiger partial charge in [0.2, 0.25) is 0 Å². The van der Waals surface area contributed by atoms with Gasteiger partial charge >= 0.3 is 0 Å². The first-order valence-corrected chi connectivity index (χ1v) is 6.86. The Kier molecular flexibility index (Phi) is 3.26. The molecule has 0 aliphatic carbocycles. The SMILES string of the molecule is CCC(c1ccccc1)c1nc2ccc(Cl)cc2[nH]1. The predicted molar refractivity (Wildman–Crippen MR) is 79.7 cm³/mol. The van der Waals surface area contributed by atoms with Gasteiger partial charge in [-0.1, -0.05) is 48.9 Å². The first-order chi connectivity index (χ1) is 9.28. The highest BCUT2D eigenvalue weighted by molar-refractivity contribution is 6.31. The van der Waals surface area contributed by atoms with Gasteiger partial charge in [0.15, 0.2) is 0 Å². The molecule has 0 fully saturated rings. The van der Waals surface area contributed by atoms with Crippen molar-refractivity contribution in [2.24, 2.45) is 0 Å². The molecule has 0 aliphatic rings. The van der Waals surface area contributed by atoms with Gasteiger partial charge in [-0.05, 0) is 30.2 Å². The van der Waals surface area contributed by atoms with Gasteiger partial charge in [0.1, 0.15) is 5.82 Å². The van der Waals surface area contributed by atoms with E-state index >= 15 is 0 Å². The highest BCUT2D eigenvalue weighted by Gasteiger charge is 2.15. The molecule has 2 nitrogen and oxygen atoms in total. The van der Waals surface area contributed by atoms with Crippen molar-refractivity contribution >= 4 is 22.6 Å². The van der Waals surface area contributed by atoms with E-state index in [0.717, 1.165) is 28.3 Å². The van der Waals surface area contributed by atoms with Crippen LogP contribution in [0.15, 0.2) is 48.5 Å². The summed E-state index contributed by atoms with van der Waals surface area (Å²) in [7, 11) is 0. The Hall–Kier alpha value is -1.80. The first-order valence-electron chi connectivity index (χ1n) is 6.48. The molecule has 3 aromatic rings. The van der Waals surface area contributed by atoms with Crippen molar-refractivity contribution in [2.45, 2.75) is 19.3 Å². The second-order valence-electron chi connectivity index (χ2n) is 4.66. The van der Waals surface area contributed by atoms with Crippen molar-refractivity contribution in [3.8, 4) is 0 Å². The number of benzene rings is 2. The molecule has 1 aromatic heterocycles. The van der Waals surface area contributed by atoms with Crippen molar-refractivity contribution < 1.29 is 0 Å². The normalized spacial score (nSPS) is 12.7. The van der Waals surface area contributed by atoms with Crippen LogP contribution < -0.4 is 0 Å². The molecule has 1 unspecified atom stereocenters. The Morgan fingerprint density at radius 2 is 1.95 bits per heavy atom. The fraction of sp³-hybridized carbons (Fsp3) is 0.188. The zero-order valence-electron chi connectivity index (χ0n) is 10.7. The molecule has 19 heavy (non-hydrogen) atoms. The highest BCUT2D eigenvalue weighted by atomic mass is 35.5. The van der Waals surface area contributed by atoms with Crippen molar-refractivity contribution in [2.75, 3.05) is 0 Å². The van der Waals surface area contributed by atoms with Crippen LogP contribution in [-0.2, 0) is 0 Å². The molecule has 0 bridgehead atoms. The van der Waals surface area contributed by atoms with Gasteiger partial charge in [0, 0.05) is 10.9 Å². The van der Waals surface area contributed by atoms with Crippen LogP contribution in [-0.4, -0.2) is 9.97 Å². The number of halogens is 1. The number of H-pyrrole nitrogens is 1. The van der Waals surface area contributed by atoms with E-state index in [1.807, 2.05) is 24.3 Å². The Balaban J connectivity index is 2.07. The number of nitrogens with one attached hydrogen (secondary N) is 1. The number of hydrogen-bond donors (Lipinski definition) is 1. The molecule has 2 aromatic carbocycles. The van der Waals surface area contributed by atoms with E-state index in [4.69, 9.17) is 11.6 Å². The average Bonchev–Trinajstić information content (AvgIpc) is 2.83. The third kappa shape index (κ3) is 2.36. The molecule has 0 radical (unpaired) electrons. The lowest BCUT2D eigenvalue weighted by atomic mass is 9.96. The van der Waals surface area contributed by atoms with Crippen LogP contribution in [0.2, 0.25) is 5.02 Å². The summed E-state index contributed by atoms with van der Waals surface area (Å²) in [5.74, 6) is 1.30. The Labute approximate surface area is 117 Å². The molecule has 3 rings (SSSR count). The fourth-order valence-corrected chi connectivity index (χ4v) is 2.61. The van der Waals surface area contributed by atoms with Crippen LogP contribution in [0.5, 0.6) is 0 Å². The molecule has 0 saturated heterocycles. The summed E-state index contributed by atoms with van der Waals surface area (Å²) >= 11 is 6.01. The van der Waals surface area contributed by atoms with E-state index in [1.165, 1.54) is 5.56 Å². The summed E-state index contributed by atoms with van der Waals surface area (Å²) < 4.78 is 0. The smallest absolute Gasteiger partial charge is 0.114 e. The number of aromatic nitrogens is 2. The average molecular weight is 271 g/mol. The summed E-state index contributed by atoms with van der Waals surface area (Å²) in [6.07, 6.45) is 1.01. The minimum absolute atomic E-state index is 0.298. The molecule has 0 spiro atoms. The minimum atomic E-state index is 0.298. The minimum Gasteiger partial charge on any atom is -0.341 e. The lowest BCUT2D eigenvalue weighted by molar-refractivity contribution is 0.732. The van der Waals surface area contributed by atoms with Crippen molar-refractivity contribution in [3.05, 3.63) is 64.9 Å². The van der Waals surface area contributed by atoms with Crippen molar-refractivity contribution in [1.82, 2.24) is 9.97 Å². The van der Waals surface area contributed by atoms with Crippen LogP contribution in [0, 0.1) is 0 Å². The Morgan fingerprint density at radius 3 is 2.68 bits per heavy atom. The molecular formula is C16H15ClN2. The maximum absolute atomic E-state index is 6.01. The van der Waals surface area contributed by atoms with E-state index in [2.05, 4.69) is 41.2 Å². The van der Waals surface area contributed by atoms with Gasteiger partial charge in [-0.15, -0.1) is 0 Å². The lowest BCUT2D eigenvalue weighted by Crippen LogP contribution is -2.01. The topological polar surface area (TPSA) is 28.7 Å². The van der Waals surface area contributed by atoms with E-state index in [1.54, 1.807) is 0 Å². The molecule has 1 N–H and O–H groups in total. The highest BCUT2D eigenvalue weighted by Crippen LogP contribution is 2.28. The number of fused-ring (bicyclic) bond motifs is 1. The second kappa shape index (κ2) is 5.06. The monoisotopic (exact) mass is 270 g/mol. The Bertz CT molecular complexity index is 688. The largest absolute Gasteiger partial charge is 0.341 e. The number of hydrogen-bond acceptors (Lipinski definition) is 1. The zero-order chi connectivity index (χ0) is 13.2. The van der Waals surface area contributed by atoms with Gasteiger partial charge < -0.3 is 4.98 Å². The van der Waals surface area contributed by atoms with E-state index in [-0.39, 0.29) is 0 Å². The standard InChI is InChI=1S/C16H15ClN2/c1-2-13(11-6-4-3-5-7-11)16-18-14-9-8-12(17)10-15(14)19-16/h3-10,13H,2H2,1H3,(H,18,19). The Morgan fingerprint density at radius 1 is 1.16 bits per heavy atom. The molecule has 1 atom stereocenters. The number of imidazole rings is 1. The fourth-order valence-electron chi connectivity index (χ4n) is 2.44. The van der Waals surface area contributed by atoms with E-state index in [0.29, 0.717) is 5.92 Å². The lowest BCUT2D eigenvalue weighted by Gasteiger charge is -2.12. The molecule has 0 saturated carbocycles. The summed E-state index contributed by atoms with van der Waals surface area (Å²) in [6.45, 7) is 2.18. The maximum Gasteiger partial charge on any atom is 0.114 e. The molecule has 0 amide bonds. The summed E-state index contributed by atoms with van der Waals surface area (Å²) in [5.41, 5.74) is 3.25. The summed E-state index contributed by atoms with van der Waals surface area (Å²) in [6, 6.07) is 16.2. The van der Waals surface area contributed by atoms with Crippen LogP contribution in [0.3, 0.4) is 0 Å². The van der Waals surface area contributed by atoms with Gasteiger partial charge in [-0.3, -0.25) is 0 Å². The zero-order valence-corrected chi connectivity index (χ0v) is 11.5. The van der Waals surface area contributed by atoms with Crippen molar-refractivity contribution in [1.29, 1.82) is 0 Å². The molecule has 0 aliphatic heterocycles. The van der Waals surface area contributed by atoms with Crippen LogP contribution in [0.1, 0.15) is 30.7 Å². The quantitative estimate of drug-likeness (QED) is 0.730. The van der Waals surface area contributed by atoms with Crippen LogP contribution >= 0.6 is 11.6 Å². The van der Waals surface area contributed by atoms with E-state index < -0.39 is 0 Å². The van der Waals surface area contributed by atoms with Crippen LogP contribution in [0.4, 0.5) is 0 Å².